The minimum atomic E-state index is 0.295. The summed E-state index contributed by atoms with van der Waals surface area (Å²) in [7, 11) is 4.04. The Bertz CT molecular complexity index is 521. The fourth-order valence-electron chi connectivity index (χ4n) is 1.79. The van der Waals surface area contributed by atoms with Gasteiger partial charge in [0.1, 0.15) is 18.1 Å². The second-order valence-corrected chi connectivity index (χ2v) is 4.69. The Kier molecular flexibility index (Phi) is 4.42. The predicted octanol–water partition coefficient (Wildman–Crippen LogP) is 3.00. The number of phenols is 1. The topological polar surface area (TPSA) is 32.7 Å². The van der Waals surface area contributed by atoms with Crippen molar-refractivity contribution in [1.29, 1.82) is 0 Å². The summed E-state index contributed by atoms with van der Waals surface area (Å²) in [6.45, 7) is 1.56. The Balaban J connectivity index is 2.04. The van der Waals surface area contributed by atoms with Crippen LogP contribution in [0.2, 0.25) is 0 Å². The van der Waals surface area contributed by atoms with E-state index < -0.39 is 0 Å². The van der Waals surface area contributed by atoms with Gasteiger partial charge in [0, 0.05) is 12.1 Å². The fourth-order valence-corrected chi connectivity index (χ4v) is 1.79. The quantitative estimate of drug-likeness (QED) is 0.893. The molecule has 100 valence electrons. The van der Waals surface area contributed by atoms with Crippen molar-refractivity contribution in [2.45, 2.75) is 0 Å². The van der Waals surface area contributed by atoms with Crippen LogP contribution in [0.25, 0.3) is 11.1 Å². The van der Waals surface area contributed by atoms with Crippen LogP contribution in [0.15, 0.2) is 48.5 Å². The van der Waals surface area contributed by atoms with Gasteiger partial charge in [-0.15, -0.1) is 0 Å². The van der Waals surface area contributed by atoms with E-state index in [-0.39, 0.29) is 0 Å². The van der Waals surface area contributed by atoms with E-state index in [1.807, 2.05) is 56.6 Å². The average Bonchev–Trinajstić information content (AvgIpc) is 2.40. The predicted molar refractivity (Wildman–Crippen MR) is 77.6 cm³/mol. The minimum Gasteiger partial charge on any atom is -0.507 e. The molecule has 0 amide bonds. The summed E-state index contributed by atoms with van der Waals surface area (Å²) in [5.74, 6) is 1.14. The number of hydrogen-bond donors (Lipinski definition) is 1. The van der Waals surface area contributed by atoms with E-state index >= 15 is 0 Å². The molecule has 0 saturated carbocycles. The second-order valence-electron chi connectivity index (χ2n) is 4.69. The molecule has 0 heterocycles. The number of ether oxygens (including phenoxy) is 1. The van der Waals surface area contributed by atoms with Crippen LogP contribution in [0.4, 0.5) is 0 Å². The van der Waals surface area contributed by atoms with Crippen molar-refractivity contribution >= 4 is 0 Å². The molecule has 1 N–H and O–H groups in total. The number of hydrogen-bond acceptors (Lipinski definition) is 3. The summed E-state index contributed by atoms with van der Waals surface area (Å²) in [5.41, 5.74) is 1.82. The highest BCUT2D eigenvalue weighted by Crippen LogP contribution is 2.29. The maximum Gasteiger partial charge on any atom is 0.123 e. The summed E-state index contributed by atoms with van der Waals surface area (Å²) in [4.78, 5) is 2.08. The zero-order valence-corrected chi connectivity index (χ0v) is 11.3. The van der Waals surface area contributed by atoms with Crippen molar-refractivity contribution < 1.29 is 9.84 Å². The molecule has 0 saturated heterocycles. The lowest BCUT2D eigenvalue weighted by Crippen LogP contribution is -2.19. The molecule has 0 atom stereocenters. The third kappa shape index (κ3) is 3.73. The fraction of sp³-hybridized carbons (Fsp3) is 0.250. The molecule has 2 aromatic rings. The molecular weight excluding hydrogens is 238 g/mol. The number of para-hydroxylation sites is 1. The van der Waals surface area contributed by atoms with Gasteiger partial charge in [-0.05, 0) is 37.9 Å². The SMILES string of the molecule is CN(C)CCOc1ccc(-c2ccccc2O)cc1. The molecule has 0 aliphatic carbocycles. The second kappa shape index (κ2) is 6.25. The van der Waals surface area contributed by atoms with Crippen LogP contribution in [0.1, 0.15) is 0 Å². The highest BCUT2D eigenvalue weighted by molar-refractivity contribution is 5.70. The van der Waals surface area contributed by atoms with Crippen LogP contribution in [0, 0.1) is 0 Å². The van der Waals surface area contributed by atoms with Gasteiger partial charge in [-0.2, -0.15) is 0 Å². The molecule has 0 spiro atoms. The van der Waals surface area contributed by atoms with Gasteiger partial charge in [0.05, 0.1) is 0 Å². The third-order valence-corrected chi connectivity index (χ3v) is 2.88. The van der Waals surface area contributed by atoms with E-state index in [9.17, 15) is 5.11 Å². The van der Waals surface area contributed by atoms with Crippen molar-refractivity contribution in [3.05, 3.63) is 48.5 Å². The maximum atomic E-state index is 9.80. The van der Waals surface area contributed by atoms with Gasteiger partial charge >= 0.3 is 0 Å². The monoisotopic (exact) mass is 257 g/mol. The number of aromatic hydroxyl groups is 1. The molecular formula is C16H19NO2. The normalized spacial score (nSPS) is 10.7. The molecule has 0 fully saturated rings. The zero-order valence-electron chi connectivity index (χ0n) is 11.3. The Morgan fingerprint density at radius 1 is 1.00 bits per heavy atom. The molecule has 0 unspecified atom stereocenters. The molecule has 19 heavy (non-hydrogen) atoms. The van der Waals surface area contributed by atoms with E-state index in [0.29, 0.717) is 12.4 Å². The van der Waals surface area contributed by atoms with Gasteiger partial charge in [-0.3, -0.25) is 0 Å². The Morgan fingerprint density at radius 2 is 1.68 bits per heavy atom. The first-order valence-electron chi connectivity index (χ1n) is 6.33. The van der Waals surface area contributed by atoms with E-state index in [1.165, 1.54) is 0 Å². The van der Waals surface area contributed by atoms with Crippen LogP contribution in [0.5, 0.6) is 11.5 Å². The van der Waals surface area contributed by atoms with Crippen molar-refractivity contribution in [2.75, 3.05) is 27.2 Å². The molecule has 3 heteroatoms. The Labute approximate surface area is 114 Å². The van der Waals surface area contributed by atoms with Crippen molar-refractivity contribution in [3.63, 3.8) is 0 Å². The minimum absolute atomic E-state index is 0.295. The summed E-state index contributed by atoms with van der Waals surface area (Å²) in [5, 5.41) is 9.80. The van der Waals surface area contributed by atoms with Crippen LogP contribution < -0.4 is 4.74 Å². The van der Waals surface area contributed by atoms with E-state index in [4.69, 9.17) is 4.74 Å². The number of likely N-dealkylation sites (N-methyl/N-ethyl adjacent to an activating group) is 1. The van der Waals surface area contributed by atoms with Crippen LogP contribution in [0.3, 0.4) is 0 Å². The van der Waals surface area contributed by atoms with Crippen LogP contribution >= 0.6 is 0 Å². The lowest BCUT2D eigenvalue weighted by molar-refractivity contribution is 0.261. The Morgan fingerprint density at radius 3 is 2.32 bits per heavy atom. The molecule has 0 aromatic heterocycles. The van der Waals surface area contributed by atoms with Gasteiger partial charge in [-0.25, -0.2) is 0 Å². The van der Waals surface area contributed by atoms with Crippen molar-refractivity contribution in [3.8, 4) is 22.6 Å². The lowest BCUT2D eigenvalue weighted by Gasteiger charge is -2.11. The Hall–Kier alpha value is -2.00. The first-order chi connectivity index (χ1) is 9.16. The largest absolute Gasteiger partial charge is 0.507 e. The van der Waals surface area contributed by atoms with Gasteiger partial charge < -0.3 is 14.7 Å². The standard InChI is InChI=1S/C16H19NO2/c1-17(2)11-12-19-14-9-7-13(8-10-14)15-5-3-4-6-16(15)18/h3-10,18H,11-12H2,1-2H3. The van der Waals surface area contributed by atoms with Gasteiger partial charge in [-0.1, -0.05) is 30.3 Å². The summed E-state index contributed by atoms with van der Waals surface area (Å²) < 4.78 is 5.63. The summed E-state index contributed by atoms with van der Waals surface area (Å²) in [6.07, 6.45) is 0. The number of benzene rings is 2. The van der Waals surface area contributed by atoms with E-state index in [0.717, 1.165) is 23.4 Å². The van der Waals surface area contributed by atoms with Crippen molar-refractivity contribution in [1.82, 2.24) is 4.90 Å². The maximum absolute atomic E-state index is 9.80. The molecule has 0 aliphatic heterocycles. The molecule has 0 radical (unpaired) electrons. The lowest BCUT2D eigenvalue weighted by atomic mass is 10.0. The smallest absolute Gasteiger partial charge is 0.123 e. The first-order valence-corrected chi connectivity index (χ1v) is 6.33. The number of nitrogens with zero attached hydrogens (tertiary/aromatic N) is 1. The van der Waals surface area contributed by atoms with E-state index in [2.05, 4.69) is 4.90 Å². The highest BCUT2D eigenvalue weighted by atomic mass is 16.5. The van der Waals surface area contributed by atoms with Crippen LogP contribution in [-0.2, 0) is 0 Å². The molecule has 2 rings (SSSR count). The highest BCUT2D eigenvalue weighted by Gasteiger charge is 2.03. The molecule has 3 nitrogen and oxygen atoms in total. The number of rotatable bonds is 5. The third-order valence-electron chi connectivity index (χ3n) is 2.88. The summed E-state index contributed by atoms with van der Waals surface area (Å²) >= 11 is 0. The van der Waals surface area contributed by atoms with E-state index in [1.54, 1.807) is 6.07 Å². The van der Waals surface area contributed by atoms with Gasteiger partial charge in [0.25, 0.3) is 0 Å². The summed E-state index contributed by atoms with van der Waals surface area (Å²) in [6, 6.07) is 15.1. The van der Waals surface area contributed by atoms with Gasteiger partial charge in [0.2, 0.25) is 0 Å². The number of phenolic OH excluding ortho intramolecular Hbond substituents is 1. The molecule has 0 aliphatic rings. The van der Waals surface area contributed by atoms with Crippen LogP contribution in [-0.4, -0.2) is 37.3 Å². The molecule has 0 bridgehead atoms. The molecule has 2 aromatic carbocycles. The first kappa shape index (κ1) is 13.4. The van der Waals surface area contributed by atoms with Gasteiger partial charge in [0.15, 0.2) is 0 Å². The van der Waals surface area contributed by atoms with Crippen molar-refractivity contribution in [2.24, 2.45) is 0 Å². The zero-order chi connectivity index (χ0) is 13.7. The average molecular weight is 257 g/mol.